The van der Waals surface area contributed by atoms with Crippen molar-refractivity contribution in [3.8, 4) is 5.69 Å². The van der Waals surface area contributed by atoms with Crippen molar-refractivity contribution in [1.29, 1.82) is 0 Å². The number of aliphatic imine (C=N–C) groups is 1. The van der Waals surface area contributed by atoms with Crippen molar-refractivity contribution in [1.82, 2.24) is 24.5 Å². The zero-order valence-corrected chi connectivity index (χ0v) is 13.1. The van der Waals surface area contributed by atoms with Crippen molar-refractivity contribution in [3.05, 3.63) is 66.5 Å². The second-order valence-corrected chi connectivity index (χ2v) is 5.70. The third-order valence-corrected chi connectivity index (χ3v) is 4.10. The molecule has 8 heteroatoms. The molecule has 0 unspecified atom stereocenters. The number of anilines is 1. The van der Waals surface area contributed by atoms with Crippen LogP contribution in [0.25, 0.3) is 16.7 Å². The molecule has 2 aromatic heterocycles. The van der Waals surface area contributed by atoms with Crippen LogP contribution >= 0.6 is 0 Å². The lowest BCUT2D eigenvalue weighted by atomic mass is 10.3. The van der Waals surface area contributed by atoms with Crippen LogP contribution in [0.2, 0.25) is 0 Å². The van der Waals surface area contributed by atoms with E-state index in [-0.39, 0.29) is 0 Å². The minimum atomic E-state index is -0.416. The van der Waals surface area contributed by atoms with Gasteiger partial charge in [-0.15, -0.1) is 5.10 Å². The first-order valence-corrected chi connectivity index (χ1v) is 7.84. The molecule has 0 saturated carbocycles. The zero-order valence-electron chi connectivity index (χ0n) is 13.1. The number of benzene rings is 2. The van der Waals surface area contributed by atoms with Gasteiger partial charge in [0.15, 0.2) is 12.1 Å². The van der Waals surface area contributed by atoms with E-state index in [0.29, 0.717) is 17.6 Å². The number of guanidine groups is 1. The molecule has 3 N–H and O–H groups in total. The van der Waals surface area contributed by atoms with Crippen LogP contribution in [-0.4, -0.2) is 30.5 Å². The Morgan fingerprint density at radius 3 is 2.68 bits per heavy atom. The molecule has 0 amide bonds. The number of hydrogen-bond acceptors (Lipinski definition) is 6. The monoisotopic (exact) mass is 330 g/mol. The fraction of sp³-hybridized carbons (Fsp3) is 0.0588. The zero-order chi connectivity index (χ0) is 16.8. The van der Waals surface area contributed by atoms with Gasteiger partial charge in [0.2, 0.25) is 5.95 Å². The SMILES string of the molecule is NC1=N[C@H](c2cnn(-c3ccccc3)n2)n2c(nc3ccccc32)N1. The van der Waals surface area contributed by atoms with Crippen molar-refractivity contribution in [2.75, 3.05) is 5.32 Å². The predicted octanol–water partition coefficient (Wildman–Crippen LogP) is 1.90. The van der Waals surface area contributed by atoms with Crippen LogP contribution in [0.1, 0.15) is 11.9 Å². The number of nitrogens with zero attached hydrogens (tertiary/aromatic N) is 6. The maximum atomic E-state index is 5.95. The van der Waals surface area contributed by atoms with Crippen LogP contribution in [0.15, 0.2) is 65.8 Å². The fourth-order valence-corrected chi connectivity index (χ4v) is 2.99. The second kappa shape index (κ2) is 5.17. The van der Waals surface area contributed by atoms with Crippen molar-refractivity contribution in [2.45, 2.75) is 6.17 Å². The number of hydrogen-bond donors (Lipinski definition) is 2. The Morgan fingerprint density at radius 1 is 1.00 bits per heavy atom. The minimum absolute atomic E-state index is 0.307. The number of nitrogens with one attached hydrogen (secondary N) is 1. The molecular formula is C17H14N8. The van der Waals surface area contributed by atoms with E-state index in [1.807, 2.05) is 59.2 Å². The van der Waals surface area contributed by atoms with Crippen LogP contribution in [-0.2, 0) is 0 Å². The van der Waals surface area contributed by atoms with E-state index in [2.05, 4.69) is 25.5 Å². The summed E-state index contributed by atoms with van der Waals surface area (Å²) in [6.07, 6.45) is 1.29. The lowest BCUT2D eigenvalue weighted by Gasteiger charge is -2.21. The van der Waals surface area contributed by atoms with Gasteiger partial charge in [-0.1, -0.05) is 30.3 Å². The average molecular weight is 330 g/mol. The molecule has 3 heterocycles. The summed E-state index contributed by atoms with van der Waals surface area (Å²) in [4.78, 5) is 10.7. The summed E-state index contributed by atoms with van der Waals surface area (Å²) in [5, 5.41) is 12.0. The maximum Gasteiger partial charge on any atom is 0.212 e. The highest BCUT2D eigenvalue weighted by atomic mass is 15.5. The van der Waals surface area contributed by atoms with E-state index in [9.17, 15) is 0 Å². The van der Waals surface area contributed by atoms with Crippen LogP contribution in [0.5, 0.6) is 0 Å². The molecule has 122 valence electrons. The van der Waals surface area contributed by atoms with E-state index in [1.54, 1.807) is 11.0 Å². The van der Waals surface area contributed by atoms with Crippen molar-refractivity contribution < 1.29 is 0 Å². The number of aromatic nitrogens is 5. The molecule has 0 radical (unpaired) electrons. The molecule has 0 fully saturated rings. The largest absolute Gasteiger partial charge is 0.370 e. The summed E-state index contributed by atoms with van der Waals surface area (Å²) in [7, 11) is 0. The second-order valence-electron chi connectivity index (χ2n) is 5.70. The Morgan fingerprint density at radius 2 is 1.80 bits per heavy atom. The number of fused-ring (bicyclic) bond motifs is 3. The Balaban J connectivity index is 1.65. The van der Waals surface area contributed by atoms with Gasteiger partial charge < -0.3 is 5.73 Å². The number of nitrogens with two attached hydrogens (primary N) is 1. The highest BCUT2D eigenvalue weighted by Crippen LogP contribution is 2.31. The Bertz CT molecular complexity index is 1090. The average Bonchev–Trinajstić information content (AvgIpc) is 3.26. The predicted molar refractivity (Wildman–Crippen MR) is 94.5 cm³/mol. The molecule has 4 aromatic rings. The van der Waals surface area contributed by atoms with Gasteiger partial charge in [0.1, 0.15) is 5.69 Å². The molecule has 1 aliphatic heterocycles. The lowest BCUT2D eigenvalue weighted by Crippen LogP contribution is -2.31. The summed E-state index contributed by atoms with van der Waals surface area (Å²) < 4.78 is 1.98. The topological polar surface area (TPSA) is 98.9 Å². The smallest absolute Gasteiger partial charge is 0.212 e. The Labute approximate surface area is 142 Å². The van der Waals surface area contributed by atoms with Crippen molar-refractivity contribution in [3.63, 3.8) is 0 Å². The molecule has 0 saturated heterocycles. The van der Waals surface area contributed by atoms with E-state index in [0.717, 1.165) is 16.7 Å². The van der Waals surface area contributed by atoms with E-state index < -0.39 is 6.17 Å². The number of para-hydroxylation sites is 3. The summed E-state index contributed by atoms with van der Waals surface area (Å²) in [5.74, 6) is 0.954. The summed E-state index contributed by atoms with van der Waals surface area (Å²) in [6, 6.07) is 17.6. The molecular weight excluding hydrogens is 316 g/mol. The normalized spacial score (nSPS) is 16.3. The van der Waals surface area contributed by atoms with Gasteiger partial charge in [-0.2, -0.15) is 9.90 Å². The quantitative estimate of drug-likeness (QED) is 0.585. The van der Waals surface area contributed by atoms with Crippen LogP contribution in [0, 0.1) is 0 Å². The molecule has 0 aliphatic carbocycles. The Kier molecular flexibility index (Phi) is 2.84. The standard InChI is InChI=1S/C17H14N8/c18-16-21-15(13-10-19-25(23-13)11-6-2-1-3-7-11)24-14-9-5-4-8-12(14)20-17(24)22-16/h1-10,15H,(H3,18,20,21,22)/t15-/m0/s1. The van der Waals surface area contributed by atoms with Crippen molar-refractivity contribution >= 4 is 22.9 Å². The minimum Gasteiger partial charge on any atom is -0.370 e. The van der Waals surface area contributed by atoms with E-state index in [4.69, 9.17) is 5.73 Å². The molecule has 25 heavy (non-hydrogen) atoms. The van der Waals surface area contributed by atoms with Gasteiger partial charge in [0.25, 0.3) is 0 Å². The number of imidazole rings is 1. The van der Waals surface area contributed by atoms with Crippen molar-refractivity contribution in [2.24, 2.45) is 10.7 Å². The van der Waals surface area contributed by atoms with E-state index >= 15 is 0 Å². The third kappa shape index (κ3) is 2.15. The van der Waals surface area contributed by atoms with Gasteiger partial charge in [-0.25, -0.2) is 9.98 Å². The molecule has 1 atom stereocenters. The molecule has 1 aliphatic rings. The van der Waals surface area contributed by atoms with Crippen LogP contribution in [0.4, 0.5) is 5.95 Å². The highest BCUT2D eigenvalue weighted by molar-refractivity contribution is 5.94. The van der Waals surface area contributed by atoms with Gasteiger partial charge in [-0.3, -0.25) is 9.88 Å². The molecule has 0 spiro atoms. The first-order valence-electron chi connectivity index (χ1n) is 7.84. The summed E-state index contributed by atoms with van der Waals surface area (Å²) >= 11 is 0. The lowest BCUT2D eigenvalue weighted by molar-refractivity contribution is 0.596. The summed E-state index contributed by atoms with van der Waals surface area (Å²) in [6.45, 7) is 0. The third-order valence-electron chi connectivity index (χ3n) is 4.10. The van der Waals surface area contributed by atoms with Crippen LogP contribution in [0.3, 0.4) is 0 Å². The van der Waals surface area contributed by atoms with Crippen LogP contribution < -0.4 is 11.1 Å². The first-order chi connectivity index (χ1) is 12.3. The summed E-state index contributed by atoms with van der Waals surface area (Å²) in [5.41, 5.74) is 9.35. The Hall–Kier alpha value is -3.68. The van der Waals surface area contributed by atoms with E-state index in [1.165, 1.54) is 0 Å². The van der Waals surface area contributed by atoms with Gasteiger partial charge in [0.05, 0.1) is 22.9 Å². The highest BCUT2D eigenvalue weighted by Gasteiger charge is 2.27. The van der Waals surface area contributed by atoms with Gasteiger partial charge in [0, 0.05) is 0 Å². The fourth-order valence-electron chi connectivity index (χ4n) is 2.99. The maximum absolute atomic E-state index is 5.95. The molecule has 2 aromatic carbocycles. The van der Waals surface area contributed by atoms with Gasteiger partial charge >= 0.3 is 0 Å². The molecule has 0 bridgehead atoms. The van der Waals surface area contributed by atoms with Gasteiger partial charge in [-0.05, 0) is 24.3 Å². The molecule has 5 rings (SSSR count). The number of rotatable bonds is 2. The molecule has 8 nitrogen and oxygen atoms in total. The first kappa shape index (κ1) is 13.7.